The number of aromatic amines is 1. The van der Waals surface area contributed by atoms with E-state index >= 15 is 0 Å². The minimum atomic E-state index is -0.497. The van der Waals surface area contributed by atoms with Crippen LogP contribution >= 0.6 is 39.1 Å². The summed E-state index contributed by atoms with van der Waals surface area (Å²) < 4.78 is -0.0283. The third-order valence-corrected chi connectivity index (χ3v) is 3.59. The molecule has 0 aliphatic rings. The Morgan fingerprint density at radius 2 is 2.06 bits per heavy atom. The number of aromatic nitrogens is 2. The van der Waals surface area contributed by atoms with Gasteiger partial charge in [-0.25, -0.2) is 0 Å². The Morgan fingerprint density at radius 1 is 1.35 bits per heavy atom. The maximum atomic E-state index is 11.5. The molecule has 0 unspecified atom stereocenters. The van der Waals surface area contributed by atoms with Crippen LogP contribution in [-0.2, 0) is 0 Å². The fraction of sp³-hybridized carbons (Fsp3) is 0. The zero-order chi connectivity index (χ0) is 12.6. The molecule has 0 radical (unpaired) electrons. The average Bonchev–Trinajstić information content (AvgIpc) is 2.29. The van der Waals surface area contributed by atoms with E-state index in [-0.39, 0.29) is 15.3 Å². The molecule has 0 fully saturated rings. The van der Waals surface area contributed by atoms with Crippen molar-refractivity contribution in [2.75, 3.05) is 0 Å². The van der Waals surface area contributed by atoms with E-state index in [2.05, 4.69) is 25.9 Å². The molecule has 4 nitrogen and oxygen atoms in total. The number of halogens is 3. The van der Waals surface area contributed by atoms with Crippen LogP contribution in [0.2, 0.25) is 10.0 Å². The lowest BCUT2D eigenvalue weighted by atomic mass is 10.2. The Labute approximate surface area is 114 Å². The van der Waals surface area contributed by atoms with Crippen molar-refractivity contribution in [2.45, 2.75) is 0 Å². The van der Waals surface area contributed by atoms with E-state index in [0.29, 0.717) is 10.6 Å². The Hall–Kier alpha value is -1.04. The van der Waals surface area contributed by atoms with Crippen molar-refractivity contribution in [1.29, 1.82) is 0 Å². The minimum Gasteiger partial charge on any atom is -0.492 e. The summed E-state index contributed by atoms with van der Waals surface area (Å²) in [5.74, 6) is -0.247. The van der Waals surface area contributed by atoms with E-state index in [4.69, 9.17) is 23.2 Å². The molecule has 0 atom stereocenters. The smallest absolute Gasteiger partial charge is 0.269 e. The lowest BCUT2D eigenvalue weighted by Gasteiger charge is -2.05. The van der Waals surface area contributed by atoms with Crippen molar-refractivity contribution in [3.05, 3.63) is 43.1 Å². The lowest BCUT2D eigenvalue weighted by molar-refractivity contribution is 0.448. The van der Waals surface area contributed by atoms with Crippen LogP contribution in [0.25, 0.3) is 11.4 Å². The first kappa shape index (κ1) is 12.4. The van der Waals surface area contributed by atoms with Crippen LogP contribution in [0.4, 0.5) is 0 Å². The fourth-order valence-electron chi connectivity index (χ4n) is 1.26. The number of hydrogen-bond acceptors (Lipinski definition) is 3. The number of rotatable bonds is 1. The van der Waals surface area contributed by atoms with Gasteiger partial charge in [-0.1, -0.05) is 29.3 Å². The molecule has 0 amide bonds. The van der Waals surface area contributed by atoms with Crippen molar-refractivity contribution >= 4 is 39.1 Å². The molecule has 0 aliphatic heterocycles. The summed E-state index contributed by atoms with van der Waals surface area (Å²) in [5, 5.41) is 10.1. The molecule has 0 aliphatic carbocycles. The molecule has 0 saturated heterocycles. The second-order valence-electron chi connectivity index (χ2n) is 3.15. The molecule has 88 valence electrons. The molecule has 0 saturated carbocycles. The predicted molar refractivity (Wildman–Crippen MR) is 69.7 cm³/mol. The van der Waals surface area contributed by atoms with Gasteiger partial charge < -0.3 is 10.1 Å². The van der Waals surface area contributed by atoms with Gasteiger partial charge in [0, 0.05) is 5.56 Å². The summed E-state index contributed by atoms with van der Waals surface area (Å²) in [5.41, 5.74) is -0.0531. The third kappa shape index (κ3) is 2.31. The van der Waals surface area contributed by atoms with E-state index in [1.165, 1.54) is 0 Å². The molecule has 0 spiro atoms. The number of hydrogen-bond donors (Lipinski definition) is 2. The van der Waals surface area contributed by atoms with Crippen molar-refractivity contribution in [2.24, 2.45) is 0 Å². The van der Waals surface area contributed by atoms with Gasteiger partial charge in [0.05, 0.1) is 10.0 Å². The SMILES string of the molecule is O=c1[nH]c(-c2cccc(Cl)c2Cl)nc(O)c1Br. The molecule has 0 bridgehead atoms. The zero-order valence-electron chi connectivity index (χ0n) is 8.17. The Bertz CT molecular complexity index is 643. The summed E-state index contributed by atoms with van der Waals surface area (Å²) in [4.78, 5) is 17.8. The standard InChI is InChI=1S/C10H5BrCl2N2O2/c11-6-9(16)14-8(15-10(6)17)4-2-1-3-5(12)7(4)13/h1-3H,(H2,14,15,16,17). The van der Waals surface area contributed by atoms with Crippen LogP contribution in [0.3, 0.4) is 0 Å². The molecule has 1 aromatic heterocycles. The van der Waals surface area contributed by atoms with E-state index in [1.807, 2.05) is 0 Å². The fourth-order valence-corrected chi connectivity index (χ4v) is 1.84. The van der Waals surface area contributed by atoms with E-state index in [0.717, 1.165) is 0 Å². The van der Waals surface area contributed by atoms with Crippen LogP contribution in [0.15, 0.2) is 27.5 Å². The zero-order valence-corrected chi connectivity index (χ0v) is 11.3. The van der Waals surface area contributed by atoms with Crippen molar-refractivity contribution < 1.29 is 5.11 Å². The first-order chi connectivity index (χ1) is 8.00. The molecule has 2 rings (SSSR count). The number of nitrogens with one attached hydrogen (secondary N) is 1. The van der Waals surface area contributed by atoms with Gasteiger partial charge in [0.1, 0.15) is 10.3 Å². The maximum Gasteiger partial charge on any atom is 0.269 e. The molecular weight excluding hydrogens is 331 g/mol. The predicted octanol–water partition coefficient (Wildman–Crippen LogP) is 3.21. The van der Waals surface area contributed by atoms with Gasteiger partial charge in [-0.3, -0.25) is 4.79 Å². The highest BCUT2D eigenvalue weighted by atomic mass is 79.9. The molecule has 17 heavy (non-hydrogen) atoms. The van der Waals surface area contributed by atoms with E-state index < -0.39 is 11.4 Å². The summed E-state index contributed by atoms with van der Waals surface area (Å²) in [7, 11) is 0. The number of aromatic hydroxyl groups is 1. The van der Waals surface area contributed by atoms with E-state index in [1.54, 1.807) is 18.2 Å². The Balaban J connectivity index is 2.70. The highest BCUT2D eigenvalue weighted by Gasteiger charge is 2.12. The summed E-state index contributed by atoms with van der Waals surface area (Å²) in [6.45, 7) is 0. The van der Waals surface area contributed by atoms with Gasteiger partial charge in [0.2, 0.25) is 5.88 Å². The number of benzene rings is 1. The third-order valence-electron chi connectivity index (χ3n) is 2.05. The van der Waals surface area contributed by atoms with Gasteiger partial charge in [-0.2, -0.15) is 4.98 Å². The number of nitrogens with zero attached hydrogens (tertiary/aromatic N) is 1. The topological polar surface area (TPSA) is 66.0 Å². The van der Waals surface area contributed by atoms with Gasteiger partial charge in [-0.15, -0.1) is 0 Å². The molecule has 1 aromatic carbocycles. The molecule has 1 heterocycles. The maximum absolute atomic E-state index is 11.5. The van der Waals surface area contributed by atoms with Gasteiger partial charge in [0.15, 0.2) is 0 Å². The van der Waals surface area contributed by atoms with Gasteiger partial charge in [0.25, 0.3) is 5.56 Å². The molecule has 2 aromatic rings. The average molecular weight is 336 g/mol. The van der Waals surface area contributed by atoms with Crippen molar-refractivity contribution in [3.8, 4) is 17.3 Å². The van der Waals surface area contributed by atoms with Gasteiger partial charge in [-0.05, 0) is 28.1 Å². The Morgan fingerprint density at radius 3 is 2.71 bits per heavy atom. The van der Waals surface area contributed by atoms with Crippen LogP contribution in [0.1, 0.15) is 0 Å². The largest absolute Gasteiger partial charge is 0.492 e. The summed E-state index contributed by atoms with van der Waals surface area (Å²) in [6.07, 6.45) is 0. The summed E-state index contributed by atoms with van der Waals surface area (Å²) >= 11 is 14.7. The van der Waals surface area contributed by atoms with Crippen LogP contribution in [0, 0.1) is 0 Å². The van der Waals surface area contributed by atoms with Crippen LogP contribution < -0.4 is 5.56 Å². The second-order valence-corrected chi connectivity index (χ2v) is 4.73. The van der Waals surface area contributed by atoms with E-state index in [9.17, 15) is 9.90 Å². The highest BCUT2D eigenvalue weighted by molar-refractivity contribution is 9.10. The monoisotopic (exact) mass is 334 g/mol. The van der Waals surface area contributed by atoms with Gasteiger partial charge >= 0.3 is 0 Å². The second kappa shape index (κ2) is 4.68. The lowest BCUT2D eigenvalue weighted by Crippen LogP contribution is -2.09. The normalized spacial score (nSPS) is 10.5. The van der Waals surface area contributed by atoms with Crippen molar-refractivity contribution in [3.63, 3.8) is 0 Å². The van der Waals surface area contributed by atoms with Crippen LogP contribution in [0.5, 0.6) is 5.88 Å². The van der Waals surface area contributed by atoms with Crippen LogP contribution in [-0.4, -0.2) is 15.1 Å². The highest BCUT2D eigenvalue weighted by Crippen LogP contribution is 2.32. The number of H-pyrrole nitrogens is 1. The summed E-state index contributed by atoms with van der Waals surface area (Å²) in [6, 6.07) is 4.92. The molecule has 2 N–H and O–H groups in total. The van der Waals surface area contributed by atoms with Crippen molar-refractivity contribution in [1.82, 2.24) is 9.97 Å². The molecular formula is C10H5BrCl2N2O2. The minimum absolute atomic E-state index is 0.0283. The Kier molecular flexibility index (Phi) is 3.42. The quantitative estimate of drug-likeness (QED) is 0.841. The first-order valence-corrected chi connectivity index (χ1v) is 5.98. The molecule has 7 heteroatoms. The first-order valence-electron chi connectivity index (χ1n) is 4.44.